The van der Waals surface area contributed by atoms with Crippen LogP contribution in [0.25, 0.3) is 22.2 Å². The summed E-state index contributed by atoms with van der Waals surface area (Å²) in [6, 6.07) is 8.42. The summed E-state index contributed by atoms with van der Waals surface area (Å²) in [5.74, 6) is -2.36. The van der Waals surface area contributed by atoms with Crippen LogP contribution in [0, 0.1) is 17.6 Å². The number of rotatable bonds is 3. The molecule has 4 rings (SSSR count). The number of benzene rings is 1. The maximum absolute atomic E-state index is 13.5. The first-order valence-corrected chi connectivity index (χ1v) is 7.47. The summed E-state index contributed by atoms with van der Waals surface area (Å²) in [5.41, 5.74) is 3.34. The van der Waals surface area contributed by atoms with Crippen LogP contribution in [0.3, 0.4) is 0 Å². The second-order valence-corrected chi connectivity index (χ2v) is 5.55. The molecule has 0 radical (unpaired) electrons. The van der Waals surface area contributed by atoms with Gasteiger partial charge in [-0.2, -0.15) is 9.49 Å². The third-order valence-electron chi connectivity index (χ3n) is 3.87. The number of halogens is 3. The van der Waals surface area contributed by atoms with E-state index in [4.69, 9.17) is 0 Å². The van der Waals surface area contributed by atoms with Crippen molar-refractivity contribution in [1.29, 1.82) is 0 Å². The van der Waals surface area contributed by atoms with Gasteiger partial charge >= 0.3 is 0 Å². The number of hydrogen-bond acceptors (Lipinski definition) is 3. The fraction of sp³-hybridized carbons (Fsp3) is 0.0556. The molecule has 25 heavy (non-hydrogen) atoms. The molecule has 1 aromatic carbocycles. The Morgan fingerprint density at radius 2 is 1.68 bits per heavy atom. The second-order valence-electron chi connectivity index (χ2n) is 5.55. The lowest BCUT2D eigenvalue weighted by atomic mass is 10.1. The molecule has 3 heterocycles. The minimum absolute atomic E-state index is 0.389. The molecule has 0 amide bonds. The topological polar surface area (TPSA) is 43.6 Å². The van der Waals surface area contributed by atoms with Crippen molar-refractivity contribution in [1.82, 2.24) is 19.7 Å². The van der Waals surface area contributed by atoms with Crippen molar-refractivity contribution >= 4 is 11.0 Å². The highest BCUT2D eigenvalue weighted by Crippen LogP contribution is 2.24. The summed E-state index contributed by atoms with van der Waals surface area (Å²) in [4.78, 5) is 7.93. The fourth-order valence-electron chi connectivity index (χ4n) is 2.59. The summed E-state index contributed by atoms with van der Waals surface area (Å²) in [7, 11) is 0. The Hall–Kier alpha value is -3.22. The van der Waals surface area contributed by atoms with Gasteiger partial charge in [0.25, 0.3) is 0 Å². The van der Waals surface area contributed by atoms with E-state index in [1.54, 1.807) is 29.2 Å². The van der Waals surface area contributed by atoms with Crippen LogP contribution in [0.1, 0.15) is 5.56 Å². The molecule has 0 unspecified atom stereocenters. The zero-order chi connectivity index (χ0) is 17.4. The smallest absolute Gasteiger partial charge is 0.212 e. The molecule has 0 spiro atoms. The first-order valence-electron chi connectivity index (χ1n) is 7.47. The van der Waals surface area contributed by atoms with E-state index in [1.165, 1.54) is 18.3 Å². The van der Waals surface area contributed by atoms with Crippen molar-refractivity contribution in [3.05, 3.63) is 78.1 Å². The molecule has 3 aromatic heterocycles. The Kier molecular flexibility index (Phi) is 3.68. The lowest BCUT2D eigenvalue weighted by Crippen LogP contribution is -2.02. The van der Waals surface area contributed by atoms with Crippen LogP contribution >= 0.6 is 0 Å². The first-order chi connectivity index (χ1) is 12.1. The van der Waals surface area contributed by atoms with Crippen molar-refractivity contribution < 1.29 is 13.2 Å². The molecule has 0 saturated heterocycles. The van der Waals surface area contributed by atoms with Gasteiger partial charge in [0.05, 0.1) is 18.3 Å². The SMILES string of the molecule is Fc1ccc(Cn2ncc3ncc(-c4ccc(F)c(F)c4)cc32)cn1. The zero-order valence-electron chi connectivity index (χ0n) is 12.8. The molecular formula is C18H11F3N4. The van der Waals surface area contributed by atoms with Gasteiger partial charge in [0.1, 0.15) is 5.52 Å². The molecule has 7 heteroatoms. The van der Waals surface area contributed by atoms with E-state index in [9.17, 15) is 13.2 Å². The number of nitrogens with zero attached hydrogens (tertiary/aromatic N) is 4. The molecule has 0 bridgehead atoms. The predicted octanol–water partition coefficient (Wildman–Crippen LogP) is 3.96. The van der Waals surface area contributed by atoms with Crippen LogP contribution in [0.4, 0.5) is 13.2 Å². The quantitative estimate of drug-likeness (QED) is 0.530. The van der Waals surface area contributed by atoms with Crippen molar-refractivity contribution in [3.63, 3.8) is 0 Å². The Balaban J connectivity index is 1.74. The molecule has 0 aliphatic rings. The molecule has 0 aliphatic carbocycles. The average Bonchev–Trinajstić information content (AvgIpc) is 3.01. The second kappa shape index (κ2) is 6.01. The van der Waals surface area contributed by atoms with E-state index in [-0.39, 0.29) is 0 Å². The van der Waals surface area contributed by atoms with Gasteiger partial charge in [-0.3, -0.25) is 9.67 Å². The molecule has 0 atom stereocenters. The standard InChI is InChI=1S/C18H11F3N4/c19-14-3-2-12(5-15(14)20)13-6-17-16(22-8-13)9-24-25(17)10-11-1-4-18(21)23-7-11/h1-9H,10H2. The first kappa shape index (κ1) is 15.3. The predicted molar refractivity (Wildman–Crippen MR) is 86.2 cm³/mol. The van der Waals surface area contributed by atoms with Gasteiger partial charge < -0.3 is 0 Å². The van der Waals surface area contributed by atoms with Gasteiger partial charge in [-0.1, -0.05) is 12.1 Å². The number of fused-ring (bicyclic) bond motifs is 1. The number of pyridine rings is 2. The molecule has 4 nitrogen and oxygen atoms in total. The minimum atomic E-state index is -0.913. The summed E-state index contributed by atoms with van der Waals surface area (Å²) in [6.45, 7) is 0.389. The molecule has 4 aromatic rings. The van der Waals surface area contributed by atoms with Crippen LogP contribution in [0.2, 0.25) is 0 Å². The number of hydrogen-bond donors (Lipinski definition) is 0. The minimum Gasteiger partial charge on any atom is -0.259 e. The molecule has 0 N–H and O–H groups in total. The molecule has 0 fully saturated rings. The zero-order valence-corrected chi connectivity index (χ0v) is 12.8. The van der Waals surface area contributed by atoms with Gasteiger partial charge in [-0.25, -0.2) is 13.8 Å². The van der Waals surface area contributed by atoms with Crippen molar-refractivity contribution in [2.24, 2.45) is 0 Å². The Labute approximate surface area is 140 Å². The third-order valence-corrected chi connectivity index (χ3v) is 3.87. The van der Waals surface area contributed by atoms with Crippen molar-refractivity contribution in [3.8, 4) is 11.1 Å². The summed E-state index contributed by atoms with van der Waals surface area (Å²) >= 11 is 0. The maximum Gasteiger partial charge on any atom is 0.212 e. The summed E-state index contributed by atoms with van der Waals surface area (Å²) < 4.78 is 41.2. The average molecular weight is 340 g/mol. The summed E-state index contributed by atoms with van der Waals surface area (Å²) in [5, 5.41) is 4.28. The van der Waals surface area contributed by atoms with Crippen LogP contribution in [0.5, 0.6) is 0 Å². The van der Waals surface area contributed by atoms with Crippen LogP contribution in [-0.2, 0) is 6.54 Å². The molecule has 0 saturated carbocycles. The van der Waals surface area contributed by atoms with Gasteiger partial charge in [-0.15, -0.1) is 0 Å². The highest BCUT2D eigenvalue weighted by Gasteiger charge is 2.09. The molecule has 124 valence electrons. The van der Waals surface area contributed by atoms with E-state index in [1.807, 2.05) is 0 Å². The van der Waals surface area contributed by atoms with E-state index in [2.05, 4.69) is 15.1 Å². The van der Waals surface area contributed by atoms with E-state index < -0.39 is 17.6 Å². The Morgan fingerprint density at radius 1 is 0.800 bits per heavy atom. The highest BCUT2D eigenvalue weighted by molar-refractivity contribution is 5.80. The highest BCUT2D eigenvalue weighted by atomic mass is 19.2. The Morgan fingerprint density at radius 3 is 2.44 bits per heavy atom. The van der Waals surface area contributed by atoms with E-state index in [0.717, 1.165) is 23.2 Å². The van der Waals surface area contributed by atoms with Gasteiger partial charge in [0, 0.05) is 18.0 Å². The van der Waals surface area contributed by atoms with Gasteiger partial charge in [-0.05, 0) is 35.4 Å². The van der Waals surface area contributed by atoms with E-state index >= 15 is 0 Å². The largest absolute Gasteiger partial charge is 0.259 e. The molecule has 0 aliphatic heterocycles. The van der Waals surface area contributed by atoms with Crippen LogP contribution in [0.15, 0.2) is 55.0 Å². The lowest BCUT2D eigenvalue weighted by Gasteiger charge is -2.06. The summed E-state index contributed by atoms with van der Waals surface area (Å²) in [6.07, 6.45) is 4.64. The van der Waals surface area contributed by atoms with Gasteiger partial charge in [0.2, 0.25) is 5.95 Å². The number of aromatic nitrogens is 4. The van der Waals surface area contributed by atoms with Crippen molar-refractivity contribution in [2.75, 3.05) is 0 Å². The fourth-order valence-corrected chi connectivity index (χ4v) is 2.59. The monoisotopic (exact) mass is 340 g/mol. The third kappa shape index (κ3) is 2.96. The van der Waals surface area contributed by atoms with E-state index in [0.29, 0.717) is 23.2 Å². The van der Waals surface area contributed by atoms with Crippen LogP contribution < -0.4 is 0 Å². The molecular weight excluding hydrogens is 329 g/mol. The lowest BCUT2D eigenvalue weighted by molar-refractivity contribution is 0.509. The van der Waals surface area contributed by atoms with Gasteiger partial charge in [0.15, 0.2) is 11.6 Å². The maximum atomic E-state index is 13.5. The van der Waals surface area contributed by atoms with Crippen molar-refractivity contribution in [2.45, 2.75) is 6.54 Å². The Bertz CT molecular complexity index is 1060. The normalized spacial score (nSPS) is 11.2. The van der Waals surface area contributed by atoms with Crippen LogP contribution in [-0.4, -0.2) is 19.7 Å².